The molecule has 8 nitrogen and oxygen atoms in total. The Morgan fingerprint density at radius 2 is 1.24 bits per heavy atom. The molecule has 0 aliphatic carbocycles. The van der Waals surface area contributed by atoms with Crippen molar-refractivity contribution in [2.24, 2.45) is 5.92 Å². The van der Waals surface area contributed by atoms with Crippen LogP contribution in [0.2, 0.25) is 0 Å². The van der Waals surface area contributed by atoms with Crippen LogP contribution in [-0.4, -0.2) is 30.8 Å². The molecule has 3 amide bonds. The Morgan fingerprint density at radius 3 is 1.69 bits per heavy atom. The minimum atomic E-state index is -0.535. The Balaban J connectivity index is 1.89. The SMILES string of the molecule is COC(=O)c1ccc(C(=O)NNC(=O)c2ccc(NC(=O)CC(C)C)cc2)cc1. The lowest BCUT2D eigenvalue weighted by Crippen LogP contribution is -2.41. The highest BCUT2D eigenvalue weighted by Crippen LogP contribution is 2.11. The van der Waals surface area contributed by atoms with E-state index in [-0.39, 0.29) is 17.4 Å². The van der Waals surface area contributed by atoms with Gasteiger partial charge in [0.25, 0.3) is 11.8 Å². The number of methoxy groups -OCH3 is 1. The van der Waals surface area contributed by atoms with Crippen LogP contribution >= 0.6 is 0 Å². The predicted molar refractivity (Wildman–Crippen MR) is 107 cm³/mol. The van der Waals surface area contributed by atoms with Crippen LogP contribution in [0.5, 0.6) is 0 Å². The maximum Gasteiger partial charge on any atom is 0.337 e. The van der Waals surface area contributed by atoms with Crippen molar-refractivity contribution < 1.29 is 23.9 Å². The molecule has 0 aliphatic heterocycles. The van der Waals surface area contributed by atoms with E-state index in [4.69, 9.17) is 0 Å². The third kappa shape index (κ3) is 6.46. The summed E-state index contributed by atoms with van der Waals surface area (Å²) >= 11 is 0. The zero-order valence-corrected chi connectivity index (χ0v) is 16.4. The van der Waals surface area contributed by atoms with Gasteiger partial charge in [0, 0.05) is 23.2 Å². The van der Waals surface area contributed by atoms with Gasteiger partial charge in [-0.25, -0.2) is 4.79 Å². The predicted octanol–water partition coefficient (Wildman–Crippen LogP) is 2.53. The lowest BCUT2D eigenvalue weighted by Gasteiger charge is -2.09. The van der Waals surface area contributed by atoms with E-state index in [2.05, 4.69) is 20.9 Å². The summed E-state index contributed by atoms with van der Waals surface area (Å²) in [7, 11) is 1.27. The molecule has 8 heteroatoms. The first-order chi connectivity index (χ1) is 13.8. The lowest BCUT2D eigenvalue weighted by atomic mass is 10.1. The number of ether oxygens (including phenoxy) is 1. The monoisotopic (exact) mass is 397 g/mol. The van der Waals surface area contributed by atoms with Gasteiger partial charge < -0.3 is 10.1 Å². The average molecular weight is 397 g/mol. The van der Waals surface area contributed by atoms with Gasteiger partial charge in [-0.05, 0) is 54.4 Å². The summed E-state index contributed by atoms with van der Waals surface area (Å²) in [4.78, 5) is 47.4. The van der Waals surface area contributed by atoms with Gasteiger partial charge in [0.05, 0.1) is 12.7 Å². The second-order valence-electron chi connectivity index (χ2n) is 6.70. The van der Waals surface area contributed by atoms with Crippen molar-refractivity contribution in [3.05, 3.63) is 65.2 Å². The Kier molecular flexibility index (Phi) is 7.47. The fourth-order valence-electron chi connectivity index (χ4n) is 2.42. The van der Waals surface area contributed by atoms with E-state index in [0.29, 0.717) is 23.2 Å². The highest BCUT2D eigenvalue weighted by atomic mass is 16.5. The number of anilines is 1. The van der Waals surface area contributed by atoms with Crippen molar-refractivity contribution in [3.63, 3.8) is 0 Å². The van der Waals surface area contributed by atoms with Gasteiger partial charge in [-0.1, -0.05) is 13.8 Å². The van der Waals surface area contributed by atoms with Crippen LogP contribution in [0.1, 0.15) is 51.3 Å². The van der Waals surface area contributed by atoms with Crippen LogP contribution in [0, 0.1) is 5.92 Å². The molecular weight excluding hydrogens is 374 g/mol. The Morgan fingerprint density at radius 1 is 0.793 bits per heavy atom. The fraction of sp³-hybridized carbons (Fsp3) is 0.238. The second kappa shape index (κ2) is 10.0. The molecule has 2 rings (SSSR count). The number of hydrazine groups is 1. The lowest BCUT2D eigenvalue weighted by molar-refractivity contribution is -0.116. The van der Waals surface area contributed by atoms with Crippen LogP contribution in [0.15, 0.2) is 48.5 Å². The van der Waals surface area contributed by atoms with E-state index < -0.39 is 17.8 Å². The minimum absolute atomic E-state index is 0.0947. The molecule has 0 unspecified atom stereocenters. The number of benzene rings is 2. The molecule has 0 spiro atoms. The van der Waals surface area contributed by atoms with Crippen molar-refractivity contribution in [1.82, 2.24) is 10.9 Å². The number of carbonyl (C=O) groups is 4. The van der Waals surface area contributed by atoms with Gasteiger partial charge in [-0.3, -0.25) is 25.2 Å². The van der Waals surface area contributed by atoms with Crippen LogP contribution in [0.4, 0.5) is 5.69 Å². The Labute approximate surface area is 168 Å². The molecule has 0 radical (unpaired) electrons. The van der Waals surface area contributed by atoms with Crippen LogP contribution in [-0.2, 0) is 9.53 Å². The standard InChI is InChI=1S/C21H23N3O5/c1-13(2)12-18(25)22-17-10-8-15(9-11-17)20(27)24-23-19(26)14-4-6-16(7-5-14)21(28)29-3/h4-11,13H,12H2,1-3H3,(H,22,25)(H,23,26)(H,24,27). The molecule has 0 atom stereocenters. The summed E-state index contributed by atoms with van der Waals surface area (Å²) in [6.07, 6.45) is 0.412. The number of carbonyl (C=O) groups excluding carboxylic acids is 4. The van der Waals surface area contributed by atoms with Gasteiger partial charge in [-0.15, -0.1) is 0 Å². The molecule has 0 fully saturated rings. The smallest absolute Gasteiger partial charge is 0.337 e. The summed E-state index contributed by atoms with van der Waals surface area (Å²) in [5.41, 5.74) is 6.10. The first kappa shape index (κ1) is 21.6. The van der Waals surface area contributed by atoms with Gasteiger partial charge in [0.2, 0.25) is 5.91 Å². The Bertz CT molecular complexity index is 890. The Hall–Kier alpha value is -3.68. The van der Waals surface area contributed by atoms with Crippen molar-refractivity contribution in [2.75, 3.05) is 12.4 Å². The largest absolute Gasteiger partial charge is 0.465 e. The molecule has 0 aliphatic rings. The summed E-state index contributed by atoms with van der Waals surface area (Å²) in [5, 5.41) is 2.75. The van der Waals surface area contributed by atoms with E-state index >= 15 is 0 Å². The van der Waals surface area contributed by atoms with Gasteiger partial charge >= 0.3 is 5.97 Å². The molecule has 0 saturated heterocycles. The van der Waals surface area contributed by atoms with Crippen molar-refractivity contribution >= 4 is 29.4 Å². The first-order valence-corrected chi connectivity index (χ1v) is 8.99. The molecular formula is C21H23N3O5. The number of nitrogens with one attached hydrogen (secondary N) is 3. The number of rotatable bonds is 6. The van der Waals surface area contributed by atoms with Gasteiger partial charge in [-0.2, -0.15) is 0 Å². The van der Waals surface area contributed by atoms with Crippen molar-refractivity contribution in [2.45, 2.75) is 20.3 Å². The first-order valence-electron chi connectivity index (χ1n) is 8.99. The number of hydrogen-bond donors (Lipinski definition) is 3. The molecule has 0 heterocycles. The third-order valence-corrected chi connectivity index (χ3v) is 3.88. The van der Waals surface area contributed by atoms with Crippen molar-refractivity contribution in [1.29, 1.82) is 0 Å². The average Bonchev–Trinajstić information content (AvgIpc) is 2.71. The number of hydrogen-bond acceptors (Lipinski definition) is 5. The highest BCUT2D eigenvalue weighted by Gasteiger charge is 2.11. The molecule has 0 bridgehead atoms. The molecule has 152 valence electrons. The molecule has 0 aromatic heterocycles. The van der Waals surface area contributed by atoms with E-state index in [9.17, 15) is 19.2 Å². The quantitative estimate of drug-likeness (QED) is 0.512. The fourth-order valence-corrected chi connectivity index (χ4v) is 2.42. The van der Waals surface area contributed by atoms with Crippen molar-refractivity contribution in [3.8, 4) is 0 Å². The van der Waals surface area contributed by atoms with E-state index in [1.165, 1.54) is 43.5 Å². The minimum Gasteiger partial charge on any atom is -0.465 e. The van der Waals surface area contributed by atoms with Gasteiger partial charge in [0.1, 0.15) is 0 Å². The third-order valence-electron chi connectivity index (χ3n) is 3.88. The summed E-state index contributed by atoms with van der Waals surface area (Å²) in [6.45, 7) is 3.91. The summed E-state index contributed by atoms with van der Waals surface area (Å²) in [5.74, 6) is -1.39. The van der Waals surface area contributed by atoms with E-state index in [1.54, 1.807) is 12.1 Å². The van der Waals surface area contributed by atoms with E-state index in [0.717, 1.165) is 0 Å². The highest BCUT2D eigenvalue weighted by molar-refractivity contribution is 6.00. The zero-order valence-electron chi connectivity index (χ0n) is 16.4. The maximum atomic E-state index is 12.2. The van der Waals surface area contributed by atoms with Crippen LogP contribution in [0.3, 0.4) is 0 Å². The normalized spacial score (nSPS) is 10.2. The number of esters is 1. The zero-order chi connectivity index (χ0) is 21.4. The molecule has 0 saturated carbocycles. The van der Waals surface area contributed by atoms with Crippen LogP contribution in [0.25, 0.3) is 0 Å². The molecule has 2 aromatic carbocycles. The summed E-state index contributed by atoms with van der Waals surface area (Å²) in [6, 6.07) is 12.1. The maximum absolute atomic E-state index is 12.2. The molecule has 29 heavy (non-hydrogen) atoms. The second-order valence-corrected chi connectivity index (χ2v) is 6.70. The molecule has 2 aromatic rings. The molecule has 3 N–H and O–H groups in total. The summed E-state index contributed by atoms with van der Waals surface area (Å²) < 4.78 is 4.59. The van der Waals surface area contributed by atoms with E-state index in [1.807, 2.05) is 13.8 Å². The van der Waals surface area contributed by atoms with Gasteiger partial charge in [0.15, 0.2) is 0 Å². The van der Waals surface area contributed by atoms with Crippen LogP contribution < -0.4 is 16.2 Å². The topological polar surface area (TPSA) is 114 Å². The number of amides is 3.